The molecular weight excluding hydrogens is 266 g/mol. The highest BCUT2D eigenvalue weighted by Crippen LogP contribution is 2.44. The van der Waals surface area contributed by atoms with Crippen molar-refractivity contribution in [3.63, 3.8) is 0 Å². The number of hydrogen-bond donors (Lipinski definition) is 0. The van der Waals surface area contributed by atoms with E-state index in [1.807, 2.05) is 6.92 Å². The van der Waals surface area contributed by atoms with E-state index in [1.165, 1.54) is 38.8 Å². The number of nitrogens with zero attached hydrogens (tertiary/aromatic N) is 3. The summed E-state index contributed by atoms with van der Waals surface area (Å²) in [4.78, 5) is 7.08. The molecule has 1 saturated carbocycles. The summed E-state index contributed by atoms with van der Waals surface area (Å²) in [7, 11) is 0. The Hall–Kier alpha value is -0.940. The normalized spacial score (nSPS) is 33.9. The molecule has 2 atom stereocenters. The van der Waals surface area contributed by atoms with Crippen LogP contribution < -0.4 is 0 Å². The molecule has 2 aliphatic heterocycles. The molecule has 3 aliphatic rings. The van der Waals surface area contributed by atoms with Crippen LogP contribution >= 0.6 is 0 Å². The van der Waals surface area contributed by atoms with Gasteiger partial charge in [-0.2, -0.15) is 4.98 Å². The Kier molecular flexibility index (Phi) is 3.50. The van der Waals surface area contributed by atoms with Crippen LogP contribution in [0.5, 0.6) is 0 Å². The van der Waals surface area contributed by atoms with E-state index in [-0.39, 0.29) is 5.41 Å². The summed E-state index contributed by atoms with van der Waals surface area (Å²) in [6.07, 6.45) is 6.58. The Balaban J connectivity index is 1.45. The van der Waals surface area contributed by atoms with E-state index >= 15 is 0 Å². The van der Waals surface area contributed by atoms with Gasteiger partial charge in [-0.1, -0.05) is 18.0 Å². The second-order valence-corrected chi connectivity index (χ2v) is 7.33. The lowest BCUT2D eigenvalue weighted by Gasteiger charge is -2.26. The number of aryl methyl sites for hydroxylation is 1. The average Bonchev–Trinajstić information content (AvgIpc) is 3.16. The van der Waals surface area contributed by atoms with Crippen LogP contribution in [-0.4, -0.2) is 47.9 Å². The fraction of sp³-hybridized carbons (Fsp3) is 0.875. The molecule has 0 amide bonds. The highest BCUT2D eigenvalue weighted by molar-refractivity contribution is 5.04. The first-order valence-corrected chi connectivity index (χ1v) is 8.33. The van der Waals surface area contributed by atoms with E-state index in [1.54, 1.807) is 0 Å². The molecule has 4 rings (SSSR count). The third-order valence-electron chi connectivity index (χ3n) is 5.66. The molecule has 1 aromatic heterocycles. The fourth-order valence-electron chi connectivity index (χ4n) is 4.60. The summed E-state index contributed by atoms with van der Waals surface area (Å²) >= 11 is 0. The van der Waals surface area contributed by atoms with Crippen LogP contribution in [0.2, 0.25) is 0 Å². The molecule has 5 nitrogen and oxygen atoms in total. The van der Waals surface area contributed by atoms with Crippen LogP contribution in [0.15, 0.2) is 4.52 Å². The monoisotopic (exact) mass is 291 g/mol. The molecule has 0 bridgehead atoms. The number of rotatable bonds is 4. The van der Waals surface area contributed by atoms with Crippen LogP contribution in [0.3, 0.4) is 0 Å². The lowest BCUT2D eigenvalue weighted by atomic mass is 9.78. The first kappa shape index (κ1) is 13.7. The van der Waals surface area contributed by atoms with Gasteiger partial charge < -0.3 is 14.2 Å². The van der Waals surface area contributed by atoms with E-state index in [0.717, 1.165) is 43.8 Å². The minimum absolute atomic E-state index is 0.206. The molecule has 0 radical (unpaired) electrons. The van der Waals surface area contributed by atoms with Crippen molar-refractivity contribution in [1.82, 2.24) is 15.0 Å². The smallest absolute Gasteiger partial charge is 0.227 e. The molecular formula is C16H25N3O2. The second kappa shape index (κ2) is 5.36. The van der Waals surface area contributed by atoms with Crippen molar-refractivity contribution in [2.75, 3.05) is 32.8 Å². The standard InChI is InChI=1S/C16H25N3O2/c1-12-17-15(21-18-12)6-16-10-19(7-13-4-2-3-5-13)8-14(16)9-20-11-16/h13-14H,2-11H2,1H3/t14-,16+/m0/s1. The number of ether oxygens (including phenoxy) is 1. The fourth-order valence-corrected chi connectivity index (χ4v) is 4.60. The third kappa shape index (κ3) is 2.61. The van der Waals surface area contributed by atoms with Gasteiger partial charge in [0.25, 0.3) is 0 Å². The Morgan fingerprint density at radius 3 is 2.95 bits per heavy atom. The Labute approximate surface area is 126 Å². The highest BCUT2D eigenvalue weighted by Gasteiger charge is 2.51. The predicted octanol–water partition coefficient (Wildman–Crippen LogP) is 2.06. The summed E-state index contributed by atoms with van der Waals surface area (Å²) in [6, 6.07) is 0. The van der Waals surface area contributed by atoms with Gasteiger partial charge in [-0.05, 0) is 25.7 Å². The van der Waals surface area contributed by atoms with Gasteiger partial charge >= 0.3 is 0 Å². The Morgan fingerprint density at radius 1 is 1.33 bits per heavy atom. The molecule has 0 aromatic carbocycles. The van der Waals surface area contributed by atoms with Crippen LogP contribution in [0.25, 0.3) is 0 Å². The SMILES string of the molecule is Cc1noc(C[C@@]23COC[C@@H]2CN(CC2CCCC2)C3)n1. The average molecular weight is 291 g/mol. The topological polar surface area (TPSA) is 51.4 Å². The molecule has 1 aliphatic carbocycles. The molecule has 5 heteroatoms. The van der Waals surface area contributed by atoms with Crippen molar-refractivity contribution in [2.24, 2.45) is 17.3 Å². The van der Waals surface area contributed by atoms with E-state index < -0.39 is 0 Å². The second-order valence-electron chi connectivity index (χ2n) is 7.33. The highest BCUT2D eigenvalue weighted by atomic mass is 16.5. The lowest BCUT2D eigenvalue weighted by molar-refractivity contribution is 0.119. The molecule has 116 valence electrons. The summed E-state index contributed by atoms with van der Waals surface area (Å²) in [5, 5.41) is 3.93. The minimum Gasteiger partial charge on any atom is -0.380 e. The summed E-state index contributed by atoms with van der Waals surface area (Å²) < 4.78 is 11.2. The molecule has 3 heterocycles. The predicted molar refractivity (Wildman–Crippen MR) is 77.9 cm³/mol. The first-order chi connectivity index (χ1) is 10.2. The zero-order valence-electron chi connectivity index (χ0n) is 12.9. The zero-order chi connectivity index (χ0) is 14.3. The maximum absolute atomic E-state index is 5.80. The lowest BCUT2D eigenvalue weighted by Crippen LogP contribution is -2.34. The molecule has 1 aromatic rings. The van der Waals surface area contributed by atoms with Crippen molar-refractivity contribution in [2.45, 2.75) is 39.0 Å². The van der Waals surface area contributed by atoms with Crippen LogP contribution in [0.4, 0.5) is 0 Å². The van der Waals surface area contributed by atoms with E-state index in [2.05, 4.69) is 15.0 Å². The van der Waals surface area contributed by atoms with Crippen LogP contribution in [0, 0.1) is 24.2 Å². The van der Waals surface area contributed by atoms with Crippen molar-refractivity contribution >= 4 is 0 Å². The minimum atomic E-state index is 0.206. The van der Waals surface area contributed by atoms with Gasteiger partial charge in [0.1, 0.15) is 0 Å². The van der Waals surface area contributed by atoms with Crippen molar-refractivity contribution < 1.29 is 9.26 Å². The number of likely N-dealkylation sites (tertiary alicyclic amines) is 1. The quantitative estimate of drug-likeness (QED) is 0.850. The number of hydrogen-bond acceptors (Lipinski definition) is 5. The van der Waals surface area contributed by atoms with Gasteiger partial charge in [0, 0.05) is 37.4 Å². The van der Waals surface area contributed by atoms with Gasteiger partial charge in [0.05, 0.1) is 13.2 Å². The molecule has 21 heavy (non-hydrogen) atoms. The van der Waals surface area contributed by atoms with E-state index in [0.29, 0.717) is 5.92 Å². The number of fused-ring (bicyclic) bond motifs is 1. The molecule has 0 spiro atoms. The summed E-state index contributed by atoms with van der Waals surface area (Å²) in [5.74, 6) is 3.07. The van der Waals surface area contributed by atoms with Crippen molar-refractivity contribution in [3.8, 4) is 0 Å². The zero-order valence-corrected chi connectivity index (χ0v) is 12.9. The summed E-state index contributed by atoms with van der Waals surface area (Å²) in [6.45, 7) is 7.23. The van der Waals surface area contributed by atoms with Gasteiger partial charge in [-0.3, -0.25) is 0 Å². The first-order valence-electron chi connectivity index (χ1n) is 8.33. The number of aromatic nitrogens is 2. The molecule has 3 fully saturated rings. The maximum atomic E-state index is 5.80. The van der Waals surface area contributed by atoms with Crippen molar-refractivity contribution in [3.05, 3.63) is 11.7 Å². The molecule has 2 saturated heterocycles. The van der Waals surface area contributed by atoms with Crippen LogP contribution in [-0.2, 0) is 11.2 Å². The largest absolute Gasteiger partial charge is 0.380 e. The molecule has 0 unspecified atom stereocenters. The van der Waals surface area contributed by atoms with Crippen molar-refractivity contribution in [1.29, 1.82) is 0 Å². The van der Waals surface area contributed by atoms with Gasteiger partial charge in [-0.25, -0.2) is 0 Å². The van der Waals surface area contributed by atoms with E-state index in [9.17, 15) is 0 Å². The summed E-state index contributed by atoms with van der Waals surface area (Å²) in [5.41, 5.74) is 0.206. The van der Waals surface area contributed by atoms with E-state index in [4.69, 9.17) is 9.26 Å². The Morgan fingerprint density at radius 2 is 2.19 bits per heavy atom. The van der Waals surface area contributed by atoms with Gasteiger partial charge in [0.15, 0.2) is 5.82 Å². The van der Waals surface area contributed by atoms with Gasteiger partial charge in [-0.15, -0.1) is 0 Å². The third-order valence-corrected chi connectivity index (χ3v) is 5.66. The maximum Gasteiger partial charge on any atom is 0.227 e. The van der Waals surface area contributed by atoms with Gasteiger partial charge in [0.2, 0.25) is 5.89 Å². The Bertz CT molecular complexity index is 497. The van der Waals surface area contributed by atoms with Crippen LogP contribution in [0.1, 0.15) is 37.4 Å². The molecule has 0 N–H and O–H groups in total.